The molecule has 8 heteroatoms. The highest BCUT2D eigenvalue weighted by atomic mass is 16.5. The SMILES string of the molecule is CCOC(CNC(=O)OCC1c2ccccc2-c2ccccc21)CC(=O)NCC(C)C(=O)O. The number of nitrogens with one attached hydrogen (secondary N) is 2. The van der Waals surface area contributed by atoms with E-state index in [2.05, 4.69) is 34.9 Å². The summed E-state index contributed by atoms with van der Waals surface area (Å²) in [7, 11) is 0. The van der Waals surface area contributed by atoms with Crippen molar-refractivity contribution in [2.45, 2.75) is 32.3 Å². The Morgan fingerprint density at radius 3 is 2.15 bits per heavy atom. The quantitative estimate of drug-likeness (QED) is 0.481. The van der Waals surface area contributed by atoms with E-state index in [0.717, 1.165) is 22.3 Å². The maximum absolute atomic E-state index is 12.4. The van der Waals surface area contributed by atoms with E-state index in [4.69, 9.17) is 14.6 Å². The van der Waals surface area contributed by atoms with Gasteiger partial charge >= 0.3 is 12.1 Å². The first kappa shape index (κ1) is 24.3. The van der Waals surface area contributed by atoms with Crippen molar-refractivity contribution < 1.29 is 29.0 Å². The van der Waals surface area contributed by atoms with Crippen molar-refractivity contribution >= 4 is 18.0 Å². The lowest BCUT2D eigenvalue weighted by atomic mass is 9.98. The number of rotatable bonds is 11. The van der Waals surface area contributed by atoms with Crippen LogP contribution in [-0.4, -0.2) is 55.5 Å². The molecule has 3 N–H and O–H groups in total. The Labute approximate surface area is 193 Å². The molecule has 8 nitrogen and oxygen atoms in total. The number of hydrogen-bond donors (Lipinski definition) is 3. The minimum atomic E-state index is -0.978. The summed E-state index contributed by atoms with van der Waals surface area (Å²) in [6.45, 7) is 4.02. The van der Waals surface area contributed by atoms with Crippen molar-refractivity contribution in [3.05, 3.63) is 59.7 Å². The number of fused-ring (bicyclic) bond motifs is 3. The Morgan fingerprint density at radius 2 is 1.58 bits per heavy atom. The third kappa shape index (κ3) is 6.32. The summed E-state index contributed by atoms with van der Waals surface area (Å²) in [5.41, 5.74) is 4.57. The van der Waals surface area contributed by atoms with Gasteiger partial charge in [-0.3, -0.25) is 9.59 Å². The molecule has 0 heterocycles. The molecule has 2 atom stereocenters. The number of carboxylic acid groups (broad SMARTS) is 1. The van der Waals surface area contributed by atoms with Crippen LogP contribution in [0.1, 0.15) is 37.3 Å². The van der Waals surface area contributed by atoms with Gasteiger partial charge in [-0.1, -0.05) is 55.5 Å². The van der Waals surface area contributed by atoms with Crippen molar-refractivity contribution in [2.75, 3.05) is 26.3 Å². The topological polar surface area (TPSA) is 114 Å². The van der Waals surface area contributed by atoms with Crippen molar-refractivity contribution in [3.63, 3.8) is 0 Å². The Bertz CT molecular complexity index is 947. The first-order valence-corrected chi connectivity index (χ1v) is 11.1. The minimum Gasteiger partial charge on any atom is -0.481 e. The van der Waals surface area contributed by atoms with Gasteiger partial charge in [-0.05, 0) is 29.2 Å². The van der Waals surface area contributed by atoms with Crippen LogP contribution in [0.15, 0.2) is 48.5 Å². The van der Waals surface area contributed by atoms with Gasteiger partial charge in [0.25, 0.3) is 0 Å². The van der Waals surface area contributed by atoms with E-state index < -0.39 is 24.1 Å². The van der Waals surface area contributed by atoms with E-state index in [-0.39, 0.29) is 37.9 Å². The number of alkyl carbamates (subject to hydrolysis) is 1. The predicted octanol–water partition coefficient (Wildman–Crippen LogP) is 3.16. The number of amides is 2. The fraction of sp³-hybridized carbons (Fsp3) is 0.400. The third-order valence-corrected chi connectivity index (χ3v) is 5.66. The van der Waals surface area contributed by atoms with Crippen molar-refractivity contribution in [1.82, 2.24) is 10.6 Å². The Hall–Kier alpha value is -3.39. The van der Waals surface area contributed by atoms with Crippen molar-refractivity contribution in [3.8, 4) is 11.1 Å². The lowest BCUT2D eigenvalue weighted by molar-refractivity contribution is -0.141. The highest BCUT2D eigenvalue weighted by Gasteiger charge is 2.29. The zero-order valence-electron chi connectivity index (χ0n) is 18.9. The number of hydrogen-bond acceptors (Lipinski definition) is 5. The largest absolute Gasteiger partial charge is 0.481 e. The molecule has 176 valence electrons. The summed E-state index contributed by atoms with van der Waals surface area (Å²) in [5.74, 6) is -2.03. The second kappa shape index (κ2) is 11.5. The fourth-order valence-corrected chi connectivity index (χ4v) is 3.91. The summed E-state index contributed by atoms with van der Waals surface area (Å²) >= 11 is 0. The summed E-state index contributed by atoms with van der Waals surface area (Å²) in [5, 5.41) is 14.2. The van der Waals surface area contributed by atoms with Crippen LogP contribution in [-0.2, 0) is 19.1 Å². The van der Waals surface area contributed by atoms with Crippen LogP contribution in [0.25, 0.3) is 11.1 Å². The zero-order chi connectivity index (χ0) is 23.8. The molecular weight excluding hydrogens is 424 g/mol. The van der Waals surface area contributed by atoms with Crippen LogP contribution in [0.5, 0.6) is 0 Å². The Balaban J connectivity index is 1.50. The summed E-state index contributed by atoms with van der Waals surface area (Å²) in [6, 6.07) is 16.2. The number of carbonyl (C=O) groups is 3. The zero-order valence-corrected chi connectivity index (χ0v) is 18.9. The first-order chi connectivity index (χ1) is 15.9. The lowest BCUT2D eigenvalue weighted by Crippen LogP contribution is -2.39. The van der Waals surface area contributed by atoms with E-state index in [1.807, 2.05) is 24.3 Å². The minimum absolute atomic E-state index is 0.00380. The number of benzene rings is 2. The molecule has 2 aromatic carbocycles. The van der Waals surface area contributed by atoms with Crippen LogP contribution < -0.4 is 10.6 Å². The first-order valence-electron chi connectivity index (χ1n) is 11.1. The van der Waals surface area contributed by atoms with Crippen LogP contribution in [0, 0.1) is 5.92 Å². The van der Waals surface area contributed by atoms with Crippen molar-refractivity contribution in [1.29, 1.82) is 0 Å². The highest BCUT2D eigenvalue weighted by molar-refractivity contribution is 5.79. The van der Waals surface area contributed by atoms with Crippen LogP contribution >= 0.6 is 0 Å². The fourth-order valence-electron chi connectivity index (χ4n) is 3.91. The molecule has 0 saturated heterocycles. The molecule has 2 unspecified atom stereocenters. The molecule has 0 aliphatic heterocycles. The van der Waals surface area contributed by atoms with E-state index >= 15 is 0 Å². The maximum Gasteiger partial charge on any atom is 0.407 e. The maximum atomic E-state index is 12.4. The Kier molecular flexibility index (Phi) is 8.43. The molecule has 2 aromatic rings. The monoisotopic (exact) mass is 454 g/mol. The van der Waals surface area contributed by atoms with Gasteiger partial charge in [0.15, 0.2) is 0 Å². The molecule has 0 fully saturated rings. The van der Waals surface area contributed by atoms with Crippen LogP contribution in [0.3, 0.4) is 0 Å². The summed E-state index contributed by atoms with van der Waals surface area (Å²) < 4.78 is 11.0. The molecule has 0 aromatic heterocycles. The number of carboxylic acids is 1. The average Bonchev–Trinajstić information content (AvgIpc) is 3.13. The van der Waals surface area contributed by atoms with Gasteiger partial charge in [0.05, 0.1) is 18.4 Å². The number of aliphatic carboxylic acids is 1. The molecule has 1 aliphatic rings. The number of ether oxygens (including phenoxy) is 2. The lowest BCUT2D eigenvalue weighted by Gasteiger charge is -2.19. The average molecular weight is 455 g/mol. The van der Waals surface area contributed by atoms with E-state index in [1.54, 1.807) is 6.92 Å². The normalized spacial score (nSPS) is 14.0. The highest BCUT2D eigenvalue weighted by Crippen LogP contribution is 2.44. The van der Waals surface area contributed by atoms with Crippen molar-refractivity contribution in [2.24, 2.45) is 5.92 Å². The van der Waals surface area contributed by atoms with Gasteiger partial charge in [0.1, 0.15) is 6.61 Å². The van der Waals surface area contributed by atoms with Gasteiger partial charge in [0.2, 0.25) is 5.91 Å². The van der Waals surface area contributed by atoms with Gasteiger partial charge in [-0.2, -0.15) is 0 Å². The smallest absolute Gasteiger partial charge is 0.407 e. The molecule has 1 aliphatic carbocycles. The summed E-state index contributed by atoms with van der Waals surface area (Å²) in [6.07, 6.45) is -1.12. The third-order valence-electron chi connectivity index (χ3n) is 5.66. The van der Waals surface area contributed by atoms with Gasteiger partial charge in [-0.25, -0.2) is 4.79 Å². The van der Waals surface area contributed by atoms with E-state index in [0.29, 0.717) is 6.61 Å². The molecule has 3 rings (SSSR count). The molecule has 0 radical (unpaired) electrons. The van der Waals surface area contributed by atoms with E-state index in [9.17, 15) is 14.4 Å². The second-order valence-electron chi connectivity index (χ2n) is 8.03. The van der Waals surface area contributed by atoms with Gasteiger partial charge in [0, 0.05) is 25.6 Å². The molecule has 0 saturated carbocycles. The van der Waals surface area contributed by atoms with Crippen LogP contribution in [0.2, 0.25) is 0 Å². The molecule has 0 spiro atoms. The second-order valence-corrected chi connectivity index (χ2v) is 8.03. The Morgan fingerprint density at radius 1 is 0.970 bits per heavy atom. The van der Waals surface area contributed by atoms with Gasteiger partial charge in [-0.15, -0.1) is 0 Å². The number of carbonyl (C=O) groups excluding carboxylic acids is 2. The standard InChI is InChI=1S/C25H30N2O6/c1-3-32-17(12-23(28)26-13-16(2)24(29)30)14-27-25(31)33-15-22-20-10-6-4-8-18(20)19-9-5-7-11-21(19)22/h4-11,16-17,22H,3,12-15H2,1-2H3,(H,26,28)(H,27,31)(H,29,30). The van der Waals surface area contributed by atoms with Crippen LogP contribution in [0.4, 0.5) is 4.79 Å². The molecule has 2 amide bonds. The molecule has 0 bridgehead atoms. The molecule has 33 heavy (non-hydrogen) atoms. The predicted molar refractivity (Wildman–Crippen MR) is 123 cm³/mol. The summed E-state index contributed by atoms with van der Waals surface area (Å²) in [4.78, 5) is 35.3. The molecular formula is C25H30N2O6. The van der Waals surface area contributed by atoms with E-state index in [1.165, 1.54) is 6.92 Å². The van der Waals surface area contributed by atoms with Gasteiger partial charge < -0.3 is 25.2 Å².